The average molecular weight is 268 g/mol. The van der Waals surface area contributed by atoms with E-state index in [1.807, 2.05) is 0 Å². The van der Waals surface area contributed by atoms with Gasteiger partial charge in [-0.25, -0.2) is 0 Å². The van der Waals surface area contributed by atoms with Crippen LogP contribution in [-0.2, 0) is 0 Å². The van der Waals surface area contributed by atoms with E-state index in [1.54, 1.807) is 0 Å². The summed E-state index contributed by atoms with van der Waals surface area (Å²) in [6.07, 6.45) is 10.4. The third-order valence-corrected chi connectivity index (χ3v) is 4.77. The monoisotopic (exact) mass is 268 g/mol. The standard InChI is InChI=1S/C18H24N2/c1-2-3-12-20-14-17-11-7-8-13-19(17)15-18(20)16-9-5-4-6-10-16/h1,4-6,9-10,17-18H,3,7-8,11-15H2. The molecular formula is C18H24N2. The Bertz CT molecular complexity index is 462. The number of hydrogen-bond donors (Lipinski definition) is 0. The van der Waals surface area contributed by atoms with Crippen LogP contribution in [0.4, 0.5) is 0 Å². The summed E-state index contributed by atoms with van der Waals surface area (Å²) in [6.45, 7) is 4.65. The average Bonchev–Trinajstić information content (AvgIpc) is 2.53. The van der Waals surface area contributed by atoms with Crippen LogP contribution in [0.2, 0.25) is 0 Å². The molecule has 0 N–H and O–H groups in total. The van der Waals surface area contributed by atoms with Gasteiger partial charge in [0, 0.05) is 38.1 Å². The fourth-order valence-electron chi connectivity index (χ4n) is 3.69. The summed E-state index contributed by atoms with van der Waals surface area (Å²) in [5.74, 6) is 2.80. The van der Waals surface area contributed by atoms with Crippen LogP contribution in [0.15, 0.2) is 30.3 Å². The van der Waals surface area contributed by atoms with Gasteiger partial charge in [0.25, 0.3) is 0 Å². The Kier molecular flexibility index (Phi) is 4.40. The molecule has 0 aliphatic carbocycles. The van der Waals surface area contributed by atoms with Gasteiger partial charge in [-0.05, 0) is 24.9 Å². The zero-order valence-electron chi connectivity index (χ0n) is 12.2. The lowest BCUT2D eigenvalue weighted by molar-refractivity contribution is 0.00916. The number of rotatable bonds is 3. The third kappa shape index (κ3) is 2.90. The molecule has 3 rings (SSSR count). The highest BCUT2D eigenvalue weighted by Gasteiger charge is 2.35. The molecule has 2 aliphatic heterocycles. The lowest BCUT2D eigenvalue weighted by atomic mass is 9.93. The molecule has 1 aromatic carbocycles. The first-order valence-corrected chi connectivity index (χ1v) is 7.85. The summed E-state index contributed by atoms with van der Waals surface area (Å²) in [5, 5.41) is 0. The fourth-order valence-corrected chi connectivity index (χ4v) is 3.69. The largest absolute Gasteiger partial charge is 0.297 e. The zero-order valence-corrected chi connectivity index (χ0v) is 12.2. The summed E-state index contributed by atoms with van der Waals surface area (Å²) in [6, 6.07) is 12.2. The predicted octanol–water partition coefficient (Wildman–Crippen LogP) is 2.92. The highest BCUT2D eigenvalue weighted by molar-refractivity contribution is 5.20. The van der Waals surface area contributed by atoms with Gasteiger partial charge in [-0.1, -0.05) is 36.8 Å². The first-order chi connectivity index (χ1) is 9.88. The molecule has 0 spiro atoms. The summed E-state index contributed by atoms with van der Waals surface area (Å²) in [7, 11) is 0. The molecule has 2 unspecified atom stereocenters. The molecule has 0 saturated carbocycles. The molecule has 0 amide bonds. The molecule has 2 fully saturated rings. The zero-order chi connectivity index (χ0) is 13.8. The third-order valence-electron chi connectivity index (χ3n) is 4.77. The van der Waals surface area contributed by atoms with Crippen molar-refractivity contribution in [2.45, 2.75) is 37.8 Å². The van der Waals surface area contributed by atoms with E-state index in [9.17, 15) is 0 Å². The minimum absolute atomic E-state index is 0.513. The molecule has 0 bridgehead atoms. The molecule has 106 valence electrons. The van der Waals surface area contributed by atoms with Crippen LogP contribution in [0.25, 0.3) is 0 Å². The molecule has 1 aromatic rings. The van der Waals surface area contributed by atoms with Gasteiger partial charge in [0.1, 0.15) is 0 Å². The number of fused-ring (bicyclic) bond motifs is 1. The van der Waals surface area contributed by atoms with Crippen LogP contribution in [0.5, 0.6) is 0 Å². The maximum absolute atomic E-state index is 5.47. The van der Waals surface area contributed by atoms with E-state index in [2.05, 4.69) is 46.1 Å². The van der Waals surface area contributed by atoms with E-state index in [0.29, 0.717) is 6.04 Å². The van der Waals surface area contributed by atoms with Crippen molar-refractivity contribution in [1.29, 1.82) is 0 Å². The van der Waals surface area contributed by atoms with Gasteiger partial charge in [0.15, 0.2) is 0 Å². The number of piperidine rings is 1. The van der Waals surface area contributed by atoms with Crippen molar-refractivity contribution in [3.8, 4) is 12.3 Å². The van der Waals surface area contributed by atoms with Gasteiger partial charge < -0.3 is 0 Å². The summed E-state index contributed by atoms with van der Waals surface area (Å²) >= 11 is 0. The van der Waals surface area contributed by atoms with Gasteiger partial charge in [-0.3, -0.25) is 9.80 Å². The number of terminal acetylenes is 1. The van der Waals surface area contributed by atoms with Crippen molar-refractivity contribution in [2.75, 3.05) is 26.2 Å². The van der Waals surface area contributed by atoms with Gasteiger partial charge in [-0.2, -0.15) is 0 Å². The molecule has 0 radical (unpaired) electrons. The molecule has 2 heteroatoms. The van der Waals surface area contributed by atoms with Crippen LogP contribution < -0.4 is 0 Å². The molecule has 2 saturated heterocycles. The van der Waals surface area contributed by atoms with Crippen LogP contribution in [0.3, 0.4) is 0 Å². The molecule has 2 aliphatic rings. The Morgan fingerprint density at radius 2 is 2.00 bits per heavy atom. The van der Waals surface area contributed by atoms with Crippen molar-refractivity contribution in [2.24, 2.45) is 0 Å². The first kappa shape index (κ1) is 13.7. The Balaban J connectivity index is 1.78. The molecular weight excluding hydrogens is 244 g/mol. The lowest BCUT2D eigenvalue weighted by Gasteiger charge is -2.48. The Labute approximate surface area is 122 Å². The number of piperazine rings is 1. The molecule has 2 nitrogen and oxygen atoms in total. The van der Waals surface area contributed by atoms with E-state index in [1.165, 1.54) is 44.5 Å². The minimum atomic E-state index is 0.513. The van der Waals surface area contributed by atoms with E-state index in [-0.39, 0.29) is 0 Å². The van der Waals surface area contributed by atoms with Crippen molar-refractivity contribution in [3.63, 3.8) is 0 Å². The van der Waals surface area contributed by atoms with Crippen molar-refractivity contribution < 1.29 is 0 Å². The van der Waals surface area contributed by atoms with Gasteiger partial charge in [-0.15, -0.1) is 12.3 Å². The molecule has 2 atom stereocenters. The van der Waals surface area contributed by atoms with E-state index in [0.717, 1.165) is 19.0 Å². The molecule has 20 heavy (non-hydrogen) atoms. The van der Waals surface area contributed by atoms with E-state index >= 15 is 0 Å². The van der Waals surface area contributed by atoms with Gasteiger partial charge in [0.2, 0.25) is 0 Å². The summed E-state index contributed by atoms with van der Waals surface area (Å²) in [5.41, 5.74) is 1.44. The SMILES string of the molecule is C#CCCN1CC2CCCCN2CC1c1ccccc1. The first-order valence-electron chi connectivity index (χ1n) is 7.85. The van der Waals surface area contributed by atoms with Crippen molar-refractivity contribution >= 4 is 0 Å². The highest BCUT2D eigenvalue weighted by Crippen LogP contribution is 2.31. The Morgan fingerprint density at radius 1 is 1.15 bits per heavy atom. The van der Waals surface area contributed by atoms with Gasteiger partial charge >= 0.3 is 0 Å². The second-order valence-corrected chi connectivity index (χ2v) is 6.02. The normalized spacial score (nSPS) is 27.8. The van der Waals surface area contributed by atoms with Crippen LogP contribution in [0.1, 0.15) is 37.3 Å². The Morgan fingerprint density at radius 3 is 2.80 bits per heavy atom. The minimum Gasteiger partial charge on any atom is -0.297 e. The van der Waals surface area contributed by atoms with Gasteiger partial charge in [0.05, 0.1) is 0 Å². The number of hydrogen-bond acceptors (Lipinski definition) is 2. The fraction of sp³-hybridized carbons (Fsp3) is 0.556. The number of benzene rings is 1. The summed E-state index contributed by atoms with van der Waals surface area (Å²) in [4.78, 5) is 5.31. The topological polar surface area (TPSA) is 6.48 Å². The maximum atomic E-state index is 5.47. The lowest BCUT2D eigenvalue weighted by Crippen LogP contribution is -2.56. The Hall–Kier alpha value is -1.30. The van der Waals surface area contributed by atoms with Crippen LogP contribution >= 0.6 is 0 Å². The van der Waals surface area contributed by atoms with Crippen molar-refractivity contribution in [1.82, 2.24) is 9.80 Å². The van der Waals surface area contributed by atoms with E-state index in [4.69, 9.17) is 6.42 Å². The van der Waals surface area contributed by atoms with E-state index < -0.39 is 0 Å². The highest BCUT2D eigenvalue weighted by atomic mass is 15.3. The maximum Gasteiger partial charge on any atom is 0.0476 e. The summed E-state index contributed by atoms with van der Waals surface area (Å²) < 4.78 is 0. The van der Waals surface area contributed by atoms with Crippen LogP contribution in [-0.4, -0.2) is 42.0 Å². The molecule has 2 heterocycles. The quantitative estimate of drug-likeness (QED) is 0.778. The molecule has 0 aromatic heterocycles. The predicted molar refractivity (Wildman–Crippen MR) is 83.4 cm³/mol. The second-order valence-electron chi connectivity index (χ2n) is 6.02. The van der Waals surface area contributed by atoms with Crippen molar-refractivity contribution in [3.05, 3.63) is 35.9 Å². The smallest absolute Gasteiger partial charge is 0.0476 e. The number of nitrogens with zero attached hydrogens (tertiary/aromatic N) is 2. The van der Waals surface area contributed by atoms with Crippen LogP contribution in [0, 0.1) is 12.3 Å². The second kappa shape index (κ2) is 6.43.